The third kappa shape index (κ3) is 3.09. The van der Waals surface area contributed by atoms with Crippen molar-refractivity contribution in [2.24, 2.45) is 0 Å². The molecule has 1 atom stereocenters. The van der Waals surface area contributed by atoms with Crippen LogP contribution in [0, 0.1) is 6.92 Å². The quantitative estimate of drug-likeness (QED) is 0.944. The minimum atomic E-state index is -0.0545. The van der Waals surface area contributed by atoms with Crippen molar-refractivity contribution < 1.29 is 14.0 Å². The molecule has 1 aliphatic heterocycles. The van der Waals surface area contributed by atoms with Crippen LogP contribution in [-0.4, -0.2) is 35.3 Å². The molecule has 1 aromatic heterocycles. The molecule has 2 heterocycles. The summed E-state index contributed by atoms with van der Waals surface area (Å²) < 4.78 is 5.72. The highest BCUT2D eigenvalue weighted by molar-refractivity contribution is 6.05. The first kappa shape index (κ1) is 15.6. The first-order valence-corrected chi connectivity index (χ1v) is 8.05. The van der Waals surface area contributed by atoms with Crippen LogP contribution in [0.3, 0.4) is 0 Å². The molecule has 1 aliphatic rings. The van der Waals surface area contributed by atoms with Gasteiger partial charge in [-0.1, -0.05) is 12.1 Å². The van der Waals surface area contributed by atoms with Gasteiger partial charge in [0.25, 0.3) is 5.91 Å². The van der Waals surface area contributed by atoms with E-state index in [2.05, 4.69) is 5.32 Å². The summed E-state index contributed by atoms with van der Waals surface area (Å²) in [6.45, 7) is 6.38. The zero-order valence-electron chi connectivity index (χ0n) is 13.8. The van der Waals surface area contributed by atoms with Crippen molar-refractivity contribution in [3.63, 3.8) is 0 Å². The Morgan fingerprint density at radius 1 is 1.43 bits per heavy atom. The molecule has 3 rings (SSSR count). The Hall–Kier alpha value is -2.30. The van der Waals surface area contributed by atoms with E-state index < -0.39 is 0 Å². The summed E-state index contributed by atoms with van der Waals surface area (Å²) in [5, 5.41) is 3.87. The molecule has 1 fully saturated rings. The third-order valence-corrected chi connectivity index (χ3v) is 4.28. The molecule has 0 saturated carbocycles. The monoisotopic (exact) mass is 314 g/mol. The number of para-hydroxylation sites is 1. The van der Waals surface area contributed by atoms with E-state index in [0.29, 0.717) is 24.1 Å². The zero-order valence-corrected chi connectivity index (χ0v) is 13.8. The molecule has 122 valence electrons. The van der Waals surface area contributed by atoms with Crippen LogP contribution < -0.4 is 5.32 Å². The van der Waals surface area contributed by atoms with E-state index in [9.17, 15) is 9.59 Å². The summed E-state index contributed by atoms with van der Waals surface area (Å²) in [6, 6.07) is 7.64. The Kier molecular flexibility index (Phi) is 4.11. The molecule has 0 aliphatic carbocycles. The maximum Gasteiger partial charge on any atom is 0.257 e. The standard InChI is InChI=1S/C18H22N2O3/c1-11(2)20(10-14-7-8-16(21)19-14)18(22)15-6-4-5-13-9-12(3)23-17(13)15/h4-6,9,11,14H,7-8,10H2,1-3H3,(H,19,21). The van der Waals surface area contributed by atoms with Crippen molar-refractivity contribution in [1.29, 1.82) is 0 Å². The van der Waals surface area contributed by atoms with Crippen molar-refractivity contribution in [3.05, 3.63) is 35.6 Å². The van der Waals surface area contributed by atoms with Crippen molar-refractivity contribution in [1.82, 2.24) is 10.2 Å². The lowest BCUT2D eigenvalue weighted by molar-refractivity contribution is -0.119. The van der Waals surface area contributed by atoms with Crippen LogP contribution in [-0.2, 0) is 4.79 Å². The maximum atomic E-state index is 13.0. The summed E-state index contributed by atoms with van der Waals surface area (Å²) in [4.78, 5) is 26.2. The van der Waals surface area contributed by atoms with E-state index in [-0.39, 0.29) is 23.9 Å². The highest BCUT2D eigenvalue weighted by Gasteiger charge is 2.28. The SMILES string of the molecule is Cc1cc2cccc(C(=O)N(CC3CCC(=O)N3)C(C)C)c2o1. The van der Waals surface area contributed by atoms with Crippen LogP contribution in [0.2, 0.25) is 0 Å². The van der Waals surface area contributed by atoms with Crippen LogP contribution in [0.5, 0.6) is 0 Å². The number of hydrogen-bond acceptors (Lipinski definition) is 3. The van der Waals surface area contributed by atoms with Gasteiger partial charge in [0.1, 0.15) is 11.3 Å². The number of aryl methyl sites for hydroxylation is 1. The number of nitrogens with zero attached hydrogens (tertiary/aromatic N) is 1. The average Bonchev–Trinajstić information content (AvgIpc) is 3.07. The number of benzene rings is 1. The summed E-state index contributed by atoms with van der Waals surface area (Å²) in [7, 11) is 0. The minimum Gasteiger partial charge on any atom is -0.461 e. The summed E-state index contributed by atoms with van der Waals surface area (Å²) >= 11 is 0. The molecule has 0 spiro atoms. The second-order valence-corrected chi connectivity index (χ2v) is 6.44. The summed E-state index contributed by atoms with van der Waals surface area (Å²) in [5.74, 6) is 0.801. The van der Waals surface area contributed by atoms with Crippen molar-refractivity contribution in [2.45, 2.75) is 45.7 Å². The van der Waals surface area contributed by atoms with E-state index in [0.717, 1.165) is 17.6 Å². The highest BCUT2D eigenvalue weighted by Crippen LogP contribution is 2.25. The van der Waals surface area contributed by atoms with E-state index >= 15 is 0 Å². The smallest absolute Gasteiger partial charge is 0.257 e. The van der Waals surface area contributed by atoms with E-state index in [1.165, 1.54) is 0 Å². The molecule has 5 nitrogen and oxygen atoms in total. The van der Waals surface area contributed by atoms with Gasteiger partial charge in [-0.15, -0.1) is 0 Å². The normalized spacial score (nSPS) is 17.7. The fourth-order valence-electron chi connectivity index (χ4n) is 3.09. The largest absolute Gasteiger partial charge is 0.461 e. The van der Waals surface area contributed by atoms with Gasteiger partial charge in [0.05, 0.1) is 5.56 Å². The lowest BCUT2D eigenvalue weighted by atomic mass is 10.1. The van der Waals surface area contributed by atoms with Gasteiger partial charge in [-0.05, 0) is 39.3 Å². The number of furan rings is 1. The Morgan fingerprint density at radius 2 is 2.22 bits per heavy atom. The summed E-state index contributed by atoms with van der Waals surface area (Å²) in [6.07, 6.45) is 1.32. The molecule has 1 saturated heterocycles. The van der Waals surface area contributed by atoms with Gasteiger partial charge in [0, 0.05) is 30.4 Å². The first-order chi connectivity index (χ1) is 11.0. The maximum absolute atomic E-state index is 13.0. The van der Waals surface area contributed by atoms with Crippen molar-refractivity contribution in [2.75, 3.05) is 6.54 Å². The predicted octanol–water partition coefficient (Wildman–Crippen LogP) is 2.87. The van der Waals surface area contributed by atoms with Gasteiger partial charge in [0.2, 0.25) is 5.91 Å². The minimum absolute atomic E-state index is 0.0337. The van der Waals surface area contributed by atoms with Gasteiger partial charge in [-0.25, -0.2) is 0 Å². The van der Waals surface area contributed by atoms with Gasteiger partial charge in [0.15, 0.2) is 0 Å². The second-order valence-electron chi connectivity index (χ2n) is 6.44. The van der Waals surface area contributed by atoms with Gasteiger partial charge >= 0.3 is 0 Å². The lowest BCUT2D eigenvalue weighted by Crippen LogP contribution is -2.45. The molecule has 1 unspecified atom stereocenters. The fraction of sp³-hybridized carbons (Fsp3) is 0.444. The average molecular weight is 314 g/mol. The second kappa shape index (κ2) is 6.07. The number of nitrogens with one attached hydrogen (secondary N) is 1. The Morgan fingerprint density at radius 3 is 2.87 bits per heavy atom. The van der Waals surface area contributed by atoms with Crippen molar-refractivity contribution in [3.8, 4) is 0 Å². The molecule has 2 aromatic rings. The zero-order chi connectivity index (χ0) is 16.6. The Balaban J connectivity index is 1.89. The highest BCUT2D eigenvalue weighted by atomic mass is 16.3. The molecule has 23 heavy (non-hydrogen) atoms. The van der Waals surface area contributed by atoms with Crippen LogP contribution in [0.25, 0.3) is 11.0 Å². The third-order valence-electron chi connectivity index (χ3n) is 4.28. The molecule has 1 aromatic carbocycles. The lowest BCUT2D eigenvalue weighted by Gasteiger charge is -2.29. The van der Waals surface area contributed by atoms with Crippen LogP contribution in [0.1, 0.15) is 42.8 Å². The van der Waals surface area contributed by atoms with Crippen molar-refractivity contribution >= 4 is 22.8 Å². The molecule has 5 heteroatoms. The molecule has 0 radical (unpaired) electrons. The van der Waals surface area contributed by atoms with E-state index in [4.69, 9.17) is 4.42 Å². The fourth-order valence-corrected chi connectivity index (χ4v) is 3.09. The number of carbonyl (C=O) groups is 2. The number of rotatable bonds is 4. The molecular weight excluding hydrogens is 292 g/mol. The van der Waals surface area contributed by atoms with E-state index in [1.807, 2.05) is 43.9 Å². The predicted molar refractivity (Wildman–Crippen MR) is 88.3 cm³/mol. The molecule has 2 amide bonds. The first-order valence-electron chi connectivity index (χ1n) is 8.05. The van der Waals surface area contributed by atoms with Gasteiger partial charge in [-0.2, -0.15) is 0 Å². The number of amides is 2. The Bertz CT molecular complexity index is 748. The van der Waals surface area contributed by atoms with Gasteiger partial charge < -0.3 is 14.6 Å². The molecule has 0 bridgehead atoms. The van der Waals surface area contributed by atoms with Crippen LogP contribution in [0.4, 0.5) is 0 Å². The van der Waals surface area contributed by atoms with Crippen LogP contribution >= 0.6 is 0 Å². The topological polar surface area (TPSA) is 62.6 Å². The summed E-state index contributed by atoms with van der Waals surface area (Å²) in [5.41, 5.74) is 1.21. The number of hydrogen-bond donors (Lipinski definition) is 1. The van der Waals surface area contributed by atoms with Gasteiger partial charge in [-0.3, -0.25) is 9.59 Å². The number of fused-ring (bicyclic) bond motifs is 1. The molecular formula is C18H22N2O3. The van der Waals surface area contributed by atoms with Crippen LogP contribution in [0.15, 0.2) is 28.7 Å². The molecule has 1 N–H and O–H groups in total. The van der Waals surface area contributed by atoms with E-state index in [1.54, 1.807) is 6.07 Å². The Labute approximate surface area is 135 Å². The number of carbonyl (C=O) groups excluding carboxylic acids is 2.